The first-order valence-corrected chi connectivity index (χ1v) is 3.35. The standard InChI is InChI=1S/C8H13BN2O2/c1-6(2)3-8-10-4-7(5-11-8)9(12)13/h4-6,12-13H,3H2,1-2H3/i1D3,2D3,3D2,6D. The van der Waals surface area contributed by atoms with Crippen molar-refractivity contribution < 1.29 is 22.4 Å². The summed E-state index contributed by atoms with van der Waals surface area (Å²) in [5.74, 6) is -4.36. The molecule has 1 rings (SSSR count). The van der Waals surface area contributed by atoms with Crippen LogP contribution in [0.1, 0.15) is 31.9 Å². The number of aromatic nitrogens is 2. The van der Waals surface area contributed by atoms with Gasteiger partial charge in [0.1, 0.15) is 5.82 Å². The maximum absolute atomic E-state index is 8.90. The Labute approximate surface area is 90.5 Å². The summed E-state index contributed by atoms with van der Waals surface area (Å²) in [6, 6.07) is 0. The summed E-state index contributed by atoms with van der Waals surface area (Å²) in [5.41, 5.74) is -0.196. The van der Waals surface area contributed by atoms with Crippen LogP contribution in [0, 0.1) is 5.89 Å². The molecule has 70 valence electrons. The summed E-state index contributed by atoms with van der Waals surface area (Å²) in [6.07, 6.45) is -1.63. The topological polar surface area (TPSA) is 66.2 Å². The lowest BCUT2D eigenvalue weighted by atomic mass is 9.83. The quantitative estimate of drug-likeness (QED) is 0.620. The first-order chi connectivity index (χ1) is 9.66. The zero-order valence-corrected chi connectivity index (χ0v) is 6.52. The Bertz CT molecular complexity index is 514. The zero-order chi connectivity index (χ0) is 17.6. The van der Waals surface area contributed by atoms with Crippen molar-refractivity contribution in [2.24, 2.45) is 5.89 Å². The van der Waals surface area contributed by atoms with Gasteiger partial charge in [0, 0.05) is 36.6 Å². The van der Waals surface area contributed by atoms with Crippen LogP contribution in [-0.4, -0.2) is 27.1 Å². The van der Waals surface area contributed by atoms with Gasteiger partial charge in [-0.3, -0.25) is 0 Å². The lowest BCUT2D eigenvalue weighted by Gasteiger charge is -2.03. The number of nitrogens with zero attached hydrogens (tertiary/aromatic N) is 2. The molecule has 0 saturated carbocycles. The van der Waals surface area contributed by atoms with E-state index in [-0.39, 0.29) is 5.46 Å². The fourth-order valence-corrected chi connectivity index (χ4v) is 0.648. The molecule has 0 aromatic carbocycles. The van der Waals surface area contributed by atoms with Crippen LogP contribution in [0.4, 0.5) is 0 Å². The van der Waals surface area contributed by atoms with Gasteiger partial charge in [-0.25, -0.2) is 9.97 Å². The van der Waals surface area contributed by atoms with Gasteiger partial charge in [-0.05, 0) is 5.89 Å². The maximum atomic E-state index is 8.90. The van der Waals surface area contributed by atoms with Crippen LogP contribution in [0.3, 0.4) is 0 Å². The van der Waals surface area contributed by atoms with Gasteiger partial charge >= 0.3 is 7.12 Å². The normalized spacial score (nSPS) is 24.6. The van der Waals surface area contributed by atoms with Crippen molar-refractivity contribution in [3.8, 4) is 0 Å². The van der Waals surface area contributed by atoms with Crippen LogP contribution in [0.5, 0.6) is 0 Å². The van der Waals surface area contributed by atoms with Gasteiger partial charge in [-0.2, -0.15) is 0 Å². The minimum Gasteiger partial charge on any atom is -0.423 e. The van der Waals surface area contributed by atoms with Crippen LogP contribution in [0.15, 0.2) is 12.4 Å². The average Bonchev–Trinajstić information content (AvgIpc) is 2.35. The van der Waals surface area contributed by atoms with Crippen molar-refractivity contribution in [3.05, 3.63) is 18.2 Å². The van der Waals surface area contributed by atoms with Crippen LogP contribution < -0.4 is 5.46 Å². The van der Waals surface area contributed by atoms with Crippen molar-refractivity contribution in [2.45, 2.75) is 20.1 Å². The Balaban J connectivity index is 3.47. The van der Waals surface area contributed by atoms with Crippen molar-refractivity contribution in [1.29, 1.82) is 0 Å². The van der Waals surface area contributed by atoms with Crippen LogP contribution >= 0.6 is 0 Å². The molecule has 13 heavy (non-hydrogen) atoms. The monoisotopic (exact) mass is 189 g/mol. The van der Waals surface area contributed by atoms with E-state index in [0.717, 1.165) is 12.4 Å². The van der Waals surface area contributed by atoms with Gasteiger partial charge in [-0.1, -0.05) is 13.7 Å². The molecule has 0 fully saturated rings. The first kappa shape index (κ1) is 3.33. The van der Waals surface area contributed by atoms with E-state index >= 15 is 0 Å². The highest BCUT2D eigenvalue weighted by atomic mass is 16.4. The van der Waals surface area contributed by atoms with E-state index in [1.54, 1.807) is 0 Å². The van der Waals surface area contributed by atoms with Crippen molar-refractivity contribution in [3.63, 3.8) is 0 Å². The Hall–Kier alpha value is -0.935. The Morgan fingerprint density at radius 1 is 1.62 bits per heavy atom. The molecule has 1 heterocycles. The van der Waals surface area contributed by atoms with E-state index in [0.29, 0.717) is 0 Å². The van der Waals surface area contributed by atoms with E-state index in [1.165, 1.54) is 0 Å². The molecule has 1 aromatic rings. The third-order valence-corrected chi connectivity index (χ3v) is 1.21. The molecule has 0 spiro atoms. The van der Waals surface area contributed by atoms with Gasteiger partial charge in [0.2, 0.25) is 0 Å². The van der Waals surface area contributed by atoms with E-state index in [9.17, 15) is 0 Å². The van der Waals surface area contributed by atoms with Crippen LogP contribution in [0.25, 0.3) is 0 Å². The number of rotatable bonds is 3. The van der Waals surface area contributed by atoms with E-state index in [4.69, 9.17) is 22.4 Å². The Morgan fingerprint density at radius 2 is 2.23 bits per heavy atom. The van der Waals surface area contributed by atoms with E-state index < -0.39 is 38.9 Å². The molecule has 5 heteroatoms. The smallest absolute Gasteiger partial charge is 0.423 e. The summed E-state index contributed by atoms with van der Waals surface area (Å²) >= 11 is 0. The van der Waals surface area contributed by atoms with Gasteiger partial charge in [0.15, 0.2) is 0 Å². The third-order valence-electron chi connectivity index (χ3n) is 1.21. The highest BCUT2D eigenvalue weighted by Gasteiger charge is 2.11. The third kappa shape index (κ3) is 3.12. The molecule has 0 saturated heterocycles. The fourth-order valence-electron chi connectivity index (χ4n) is 0.648. The van der Waals surface area contributed by atoms with Crippen LogP contribution in [-0.2, 0) is 6.37 Å². The second-order valence-corrected chi connectivity index (χ2v) is 2.21. The lowest BCUT2D eigenvalue weighted by molar-refractivity contribution is 0.425. The predicted octanol–water partition coefficient (Wildman–Crippen LogP) is -0.645. The second-order valence-electron chi connectivity index (χ2n) is 2.21. The number of hydrogen-bond donors (Lipinski definition) is 2. The highest BCUT2D eigenvalue weighted by molar-refractivity contribution is 6.58. The molecule has 0 aliphatic carbocycles. The lowest BCUT2D eigenvalue weighted by Crippen LogP contribution is -2.31. The summed E-state index contributed by atoms with van der Waals surface area (Å²) in [7, 11) is -1.93. The molecule has 0 amide bonds. The second kappa shape index (κ2) is 4.34. The SMILES string of the molecule is [2H]C([2H])([2H])C([2H])(C([2H])([2H])[2H])C([2H])([2H])c1ncc(B(O)O)cn1. The Kier molecular flexibility index (Phi) is 1.11. The molecule has 0 bridgehead atoms. The summed E-state index contributed by atoms with van der Waals surface area (Å²) in [6.45, 7) is -6.97. The first-order valence-electron chi connectivity index (χ1n) is 7.85. The molecule has 2 N–H and O–H groups in total. The molecule has 1 aromatic heterocycles. The predicted molar refractivity (Wildman–Crippen MR) is 50.4 cm³/mol. The van der Waals surface area contributed by atoms with Crippen molar-refractivity contribution >= 4 is 12.6 Å². The fraction of sp³-hybridized carbons (Fsp3) is 0.500. The van der Waals surface area contributed by atoms with E-state index in [1.807, 2.05) is 0 Å². The molecule has 0 atom stereocenters. The molecule has 0 aliphatic heterocycles. The summed E-state index contributed by atoms with van der Waals surface area (Å²) in [4.78, 5) is 6.88. The van der Waals surface area contributed by atoms with Gasteiger partial charge < -0.3 is 10.0 Å². The maximum Gasteiger partial charge on any atom is 0.491 e. The largest absolute Gasteiger partial charge is 0.491 e. The van der Waals surface area contributed by atoms with Gasteiger partial charge in [0.25, 0.3) is 0 Å². The average molecular weight is 189 g/mol. The van der Waals surface area contributed by atoms with Gasteiger partial charge in [-0.15, -0.1) is 0 Å². The molecular weight excluding hydrogens is 167 g/mol. The van der Waals surface area contributed by atoms with Crippen molar-refractivity contribution in [1.82, 2.24) is 9.97 Å². The molecule has 0 unspecified atom stereocenters. The number of hydrogen-bond acceptors (Lipinski definition) is 4. The highest BCUT2D eigenvalue weighted by Crippen LogP contribution is 1.99. The Morgan fingerprint density at radius 3 is 2.69 bits per heavy atom. The van der Waals surface area contributed by atoms with Crippen LogP contribution in [0.2, 0.25) is 0 Å². The summed E-state index contributed by atoms with van der Waals surface area (Å²) in [5, 5.41) is 17.8. The minimum absolute atomic E-state index is 0.196. The molecule has 0 radical (unpaired) electrons. The zero-order valence-electron chi connectivity index (χ0n) is 15.5. The minimum atomic E-state index is -3.51. The van der Waals surface area contributed by atoms with Gasteiger partial charge in [0.05, 0.1) is 0 Å². The van der Waals surface area contributed by atoms with E-state index in [2.05, 4.69) is 9.97 Å². The van der Waals surface area contributed by atoms with Crippen molar-refractivity contribution in [2.75, 3.05) is 0 Å². The molecule has 4 nitrogen and oxygen atoms in total. The summed E-state index contributed by atoms with van der Waals surface area (Å²) < 4.78 is 67.1. The molecule has 0 aliphatic rings. The molecular formula is C8H13BN2O2.